The van der Waals surface area contributed by atoms with Crippen LogP contribution in [-0.2, 0) is 67.1 Å². The molecule has 27 N–H and O–H groups in total. The minimum atomic E-state index is -1.47. The Morgan fingerprint density at radius 1 is 0.446 bits per heavy atom. The Morgan fingerprint density at radius 3 is 1.33 bits per heavy atom. The molecule has 0 radical (unpaired) electrons. The Kier molecular flexibility index (Phi) is 50.3. The molecule has 0 spiro atoms. The summed E-state index contributed by atoms with van der Waals surface area (Å²) in [6, 6.07) is -16.6. The number of nitrogens with two attached hydrogens (primary N) is 7. The van der Waals surface area contributed by atoms with Crippen LogP contribution in [0.25, 0.3) is 0 Å². The van der Waals surface area contributed by atoms with Gasteiger partial charge in [-0.1, -0.05) is 67.5 Å². The molecule has 1 saturated heterocycles. The molecule has 2 aliphatic heterocycles. The van der Waals surface area contributed by atoms with Crippen molar-refractivity contribution in [3.8, 4) is 0 Å². The van der Waals surface area contributed by atoms with E-state index in [1.165, 1.54) is 4.90 Å². The van der Waals surface area contributed by atoms with Crippen LogP contribution < -0.4 is 104 Å². The number of fused-ring (bicyclic) bond motifs is 1. The van der Waals surface area contributed by atoms with Gasteiger partial charge in [-0.05, 0) is 243 Å². The third-order valence-corrected chi connectivity index (χ3v) is 19.5. The number of aliphatic carboxylic acids is 1. The zero-order valence-corrected chi connectivity index (χ0v) is 68.1. The first-order valence-corrected chi connectivity index (χ1v) is 41.0. The van der Waals surface area contributed by atoms with E-state index in [9.17, 15) is 67.4 Å². The summed E-state index contributed by atoms with van der Waals surface area (Å²) in [6.07, 6.45) is 9.06. The molecule has 0 saturated carbocycles. The summed E-state index contributed by atoms with van der Waals surface area (Å²) in [5.74, 6) is -11.7. The van der Waals surface area contributed by atoms with Crippen LogP contribution in [0, 0.1) is 23.7 Å². The minimum absolute atomic E-state index is 0.00665. The van der Waals surface area contributed by atoms with Gasteiger partial charge in [-0.2, -0.15) is 0 Å². The van der Waals surface area contributed by atoms with Gasteiger partial charge in [-0.3, -0.25) is 62.3 Å². The first-order chi connectivity index (χ1) is 53.2. The number of unbranched alkanes of at least 4 members (excludes halogenated alkanes) is 6. The van der Waals surface area contributed by atoms with Crippen molar-refractivity contribution in [3.05, 3.63) is 12.2 Å². The molecule has 35 nitrogen and oxygen atoms in total. The van der Waals surface area contributed by atoms with Crippen molar-refractivity contribution < 1.29 is 72.2 Å². The molecule has 35 heteroatoms. The number of amides is 13. The molecule has 2 rings (SSSR count). The second-order valence-corrected chi connectivity index (χ2v) is 31.4. The van der Waals surface area contributed by atoms with Crippen molar-refractivity contribution >= 4 is 82.8 Å². The van der Waals surface area contributed by atoms with Crippen molar-refractivity contribution in [2.24, 2.45) is 63.8 Å². The van der Waals surface area contributed by atoms with Gasteiger partial charge in [0.2, 0.25) is 76.8 Å². The van der Waals surface area contributed by atoms with E-state index in [4.69, 9.17) is 40.1 Å². The molecule has 0 aliphatic carbocycles. The topological polar surface area (TPSA) is 589 Å². The Labute approximate surface area is 663 Å². The van der Waals surface area contributed by atoms with Crippen LogP contribution in [0.3, 0.4) is 0 Å². The average molecular weight is 1590 g/mol. The summed E-state index contributed by atoms with van der Waals surface area (Å²) in [6.45, 7) is 15.5. The second kappa shape index (κ2) is 56.3. The number of allylic oxidation sites excluding steroid dienone is 2. The number of hydrogen-bond donors (Lipinski definition) is 20. The normalized spacial score (nSPS) is 23.0. The summed E-state index contributed by atoms with van der Waals surface area (Å²) >= 11 is 0. The van der Waals surface area contributed by atoms with E-state index in [1.54, 1.807) is 39.8 Å². The summed E-state index contributed by atoms with van der Waals surface area (Å²) in [5, 5.41) is 43.2. The van der Waals surface area contributed by atoms with Gasteiger partial charge in [-0.25, -0.2) is 4.79 Å². The molecule has 1 fully saturated rings. The fraction of sp³-hybridized carbons (Fsp3) is 0.792. The van der Waals surface area contributed by atoms with Gasteiger partial charge < -0.3 is 114 Å². The molecular weight excluding hydrogens is 1440 g/mol. The molecule has 0 bridgehead atoms. The van der Waals surface area contributed by atoms with Crippen LogP contribution >= 0.6 is 0 Å². The molecule has 640 valence electrons. The molecule has 2 heterocycles. The Morgan fingerprint density at radius 2 is 0.857 bits per heavy atom. The van der Waals surface area contributed by atoms with Gasteiger partial charge in [-0.15, -0.1) is 0 Å². The van der Waals surface area contributed by atoms with E-state index < -0.39 is 168 Å². The van der Waals surface area contributed by atoms with E-state index in [0.717, 1.165) is 0 Å². The minimum Gasteiger partial charge on any atom is -0.480 e. The highest BCUT2D eigenvalue weighted by Crippen LogP contribution is 2.22. The predicted molar refractivity (Wildman–Crippen MR) is 427 cm³/mol. The van der Waals surface area contributed by atoms with Crippen molar-refractivity contribution in [1.82, 2.24) is 68.7 Å². The van der Waals surface area contributed by atoms with Crippen LogP contribution in [0.15, 0.2) is 12.2 Å². The van der Waals surface area contributed by atoms with Gasteiger partial charge in [0, 0.05) is 6.54 Å². The van der Waals surface area contributed by atoms with Gasteiger partial charge in [0.1, 0.15) is 72.5 Å². The lowest BCUT2D eigenvalue weighted by atomic mass is 10.00. The van der Waals surface area contributed by atoms with Crippen LogP contribution in [-0.4, -0.2) is 224 Å². The largest absolute Gasteiger partial charge is 0.480 e. The molecule has 13 atom stereocenters. The molecular formula is C77H142N20O15. The molecule has 0 aromatic carbocycles. The third kappa shape index (κ3) is 39.7. The summed E-state index contributed by atoms with van der Waals surface area (Å²) in [4.78, 5) is 203. The molecule has 0 aromatic rings. The Bertz CT molecular complexity index is 2960. The van der Waals surface area contributed by atoms with Gasteiger partial charge in [0.05, 0.1) is 12.6 Å². The molecule has 0 aromatic heterocycles. The zero-order chi connectivity index (χ0) is 83.8. The maximum atomic E-state index is 15.1. The number of nitrogens with zero attached hydrogens (tertiary/aromatic N) is 1. The number of carboxylic acids is 1. The molecule has 0 unspecified atom stereocenters. The fourth-order valence-corrected chi connectivity index (χ4v) is 13.3. The fourth-order valence-electron chi connectivity index (χ4n) is 13.3. The van der Waals surface area contributed by atoms with E-state index >= 15 is 4.79 Å². The lowest BCUT2D eigenvalue weighted by Crippen LogP contribution is -2.60. The molecule has 13 amide bonds. The zero-order valence-electron chi connectivity index (χ0n) is 68.1. The Hall–Kier alpha value is -7.96. The van der Waals surface area contributed by atoms with Crippen LogP contribution in [0.1, 0.15) is 235 Å². The summed E-state index contributed by atoms with van der Waals surface area (Å²) in [5.41, 5.74) is 41.6. The maximum absolute atomic E-state index is 15.1. The molecule has 2 aliphatic rings. The van der Waals surface area contributed by atoms with Crippen molar-refractivity contribution in [1.29, 1.82) is 0 Å². The lowest BCUT2D eigenvalue weighted by molar-refractivity contribution is -0.143. The predicted octanol–water partition coefficient (Wildman–Crippen LogP) is -1.07. The second-order valence-electron chi connectivity index (χ2n) is 31.4. The van der Waals surface area contributed by atoms with Crippen LogP contribution in [0.4, 0.5) is 0 Å². The van der Waals surface area contributed by atoms with E-state index in [1.807, 2.05) is 27.7 Å². The van der Waals surface area contributed by atoms with E-state index in [0.29, 0.717) is 89.9 Å². The monoisotopic (exact) mass is 1590 g/mol. The number of carbonyl (C=O) groups is 14. The number of carboxylic acid groups (broad SMARTS) is 1. The van der Waals surface area contributed by atoms with Crippen molar-refractivity contribution in [2.75, 3.05) is 52.4 Å². The number of carbonyl (C=O) groups excluding carboxylic acids is 13. The highest BCUT2D eigenvalue weighted by Gasteiger charge is 2.41. The van der Waals surface area contributed by atoms with Crippen LogP contribution in [0.5, 0.6) is 0 Å². The highest BCUT2D eigenvalue weighted by molar-refractivity contribution is 6.00. The third-order valence-electron chi connectivity index (χ3n) is 19.5. The van der Waals surface area contributed by atoms with E-state index in [2.05, 4.69) is 63.8 Å². The van der Waals surface area contributed by atoms with Crippen LogP contribution in [0.2, 0.25) is 0 Å². The quantitative estimate of drug-likeness (QED) is 0.0256. The summed E-state index contributed by atoms with van der Waals surface area (Å²) in [7, 11) is 0. The average Bonchev–Trinajstić information content (AvgIpc) is 1.63. The van der Waals surface area contributed by atoms with Gasteiger partial charge >= 0.3 is 5.97 Å². The van der Waals surface area contributed by atoms with Crippen molar-refractivity contribution in [2.45, 2.75) is 314 Å². The standard InChI is InChI=1S/C77H142N20O15/c1-47(2)42-51(84)65(99)87-53(29-14-20-36-79)67(101)88-54-26-11-9-10-12-27-55(69(103)91-58(32-17-23-39-82)72(106)96-62(77(111)112)45-50(7)8)89-70(104)56(30-15-21-37-80)92-73(107)60(43-48(3)4)94-66(100)52(28-13-19-35-78)86-64(98)46-85-75(109)63-34-25-41-97(63)76(110)59(33-18-24-40-83)93-74(108)61(44-49(5)6)95-71(105)57(90-68(54)102)31-16-22-38-81/h9-10,47-63H,11-46,78-84H2,1-8H3,(H,85,109)(H,86,98)(H,87,99)(H,88,101)(H,89,104)(H,90,102)(H,91,103)(H,92,107)(H,93,108)(H,94,100)(H,95,105)(H,96,106)(H,111,112)/b10-9+/t51-,52-,53-,54-,55-,56-,57-,58-,59-,60-,61-,62-,63+/m0/s1. The highest BCUT2D eigenvalue weighted by atomic mass is 16.4. The first-order valence-electron chi connectivity index (χ1n) is 41.0. The SMILES string of the molecule is CC(C)C[C@H](NC(=O)[C@H](CCCCN)NC(=O)[C@@H]1CC/C=C/CC[C@H](NC(=O)[C@H](CCCCN)NC(=O)[C@@H](N)CC(C)C)C(=O)N[C@@H](CCCCN)C(=O)N[C@@H](CC(C)C)C(=O)N[C@@H](CCCCN)C(=O)N2CCC[C@@H]2C(=O)NCC(=O)N[C@@H](CCCCN)C(=O)N[C@@H](CC(C)C)C(=O)N[C@@H](CCCCN)C(=O)N1)C(=O)O. The van der Waals surface area contributed by atoms with E-state index in [-0.39, 0.29) is 159 Å². The van der Waals surface area contributed by atoms with Gasteiger partial charge in [0.15, 0.2) is 0 Å². The van der Waals surface area contributed by atoms with Crippen molar-refractivity contribution in [3.63, 3.8) is 0 Å². The van der Waals surface area contributed by atoms with Gasteiger partial charge in [0.25, 0.3) is 0 Å². The smallest absolute Gasteiger partial charge is 0.326 e. The summed E-state index contributed by atoms with van der Waals surface area (Å²) < 4.78 is 0. The maximum Gasteiger partial charge on any atom is 0.326 e. The number of nitrogens with one attached hydrogen (secondary N) is 12. The number of hydrogen-bond acceptors (Lipinski definition) is 21. The lowest BCUT2D eigenvalue weighted by Gasteiger charge is -2.31. The Balaban J connectivity index is 3.08. The molecule has 112 heavy (non-hydrogen) atoms. The first kappa shape index (κ1) is 100. The number of rotatable bonds is 41.